The summed E-state index contributed by atoms with van der Waals surface area (Å²) in [6, 6.07) is 19.9. The first-order chi connectivity index (χ1) is 18.8. The highest BCUT2D eigenvalue weighted by atomic mass is 35.5. The van der Waals surface area contributed by atoms with Gasteiger partial charge in [0, 0.05) is 59.6 Å². The summed E-state index contributed by atoms with van der Waals surface area (Å²) in [7, 11) is 0. The van der Waals surface area contributed by atoms with E-state index in [1.165, 1.54) is 0 Å². The van der Waals surface area contributed by atoms with Gasteiger partial charge in [0.25, 0.3) is 5.91 Å². The first-order valence-corrected chi connectivity index (χ1v) is 14.0. The number of nitrogens with one attached hydrogen (secondary N) is 3. The lowest BCUT2D eigenvalue weighted by molar-refractivity contribution is -0.117. The first kappa shape index (κ1) is 28.9. The summed E-state index contributed by atoms with van der Waals surface area (Å²) in [5.74, 6) is -0.260. The molecule has 39 heavy (non-hydrogen) atoms. The van der Waals surface area contributed by atoms with E-state index in [9.17, 15) is 14.7 Å². The number of benzene rings is 3. The van der Waals surface area contributed by atoms with Crippen molar-refractivity contribution in [3.05, 3.63) is 93.5 Å². The highest BCUT2D eigenvalue weighted by Gasteiger charge is 2.25. The summed E-state index contributed by atoms with van der Waals surface area (Å²) in [5.41, 5.74) is 3.78. The summed E-state index contributed by atoms with van der Waals surface area (Å²) >= 11 is 12.2. The number of aliphatic hydroxyl groups is 1. The molecule has 3 aromatic rings. The quantitative estimate of drug-likeness (QED) is 0.245. The minimum atomic E-state index is -0.875. The molecule has 1 aliphatic heterocycles. The molecule has 2 atom stereocenters. The van der Waals surface area contributed by atoms with Gasteiger partial charge in [-0.2, -0.15) is 0 Å². The van der Waals surface area contributed by atoms with E-state index in [0.717, 1.165) is 23.2 Å². The lowest BCUT2D eigenvalue weighted by Gasteiger charge is -2.25. The summed E-state index contributed by atoms with van der Waals surface area (Å²) < 4.78 is 0. The second-order valence-electron chi connectivity index (χ2n) is 9.69. The van der Waals surface area contributed by atoms with Gasteiger partial charge >= 0.3 is 0 Å². The third-order valence-corrected chi connectivity index (χ3v) is 7.07. The van der Waals surface area contributed by atoms with E-state index in [1.807, 2.05) is 55.5 Å². The number of nitrogens with zero attached hydrogens (tertiary/aromatic N) is 1. The van der Waals surface area contributed by atoms with Crippen LogP contribution in [0.4, 0.5) is 11.4 Å². The molecule has 0 radical (unpaired) electrons. The Morgan fingerprint density at radius 1 is 1.03 bits per heavy atom. The van der Waals surface area contributed by atoms with Crippen molar-refractivity contribution in [2.45, 2.75) is 44.9 Å². The molecule has 4 rings (SSSR count). The highest BCUT2D eigenvalue weighted by molar-refractivity contribution is 6.34. The Bertz CT molecular complexity index is 1270. The third kappa shape index (κ3) is 8.19. The molecule has 1 saturated heterocycles. The molecule has 206 valence electrons. The summed E-state index contributed by atoms with van der Waals surface area (Å²) in [6.07, 6.45) is 0.876. The fourth-order valence-corrected chi connectivity index (χ4v) is 5.32. The molecule has 0 aromatic heterocycles. The summed E-state index contributed by atoms with van der Waals surface area (Å²) in [4.78, 5) is 27.6. The maximum absolute atomic E-state index is 13.5. The van der Waals surface area contributed by atoms with Crippen molar-refractivity contribution in [3.63, 3.8) is 0 Å². The van der Waals surface area contributed by atoms with Crippen molar-refractivity contribution in [1.29, 1.82) is 0 Å². The number of rotatable bonds is 12. The molecule has 1 fully saturated rings. The second kappa shape index (κ2) is 13.8. The number of hydrogen-bond acceptors (Lipinski definition) is 5. The number of aliphatic hydroxyl groups excluding tert-OH is 1. The Balaban J connectivity index is 1.50. The fourth-order valence-electron chi connectivity index (χ4n) is 4.75. The zero-order valence-corrected chi connectivity index (χ0v) is 23.4. The van der Waals surface area contributed by atoms with Gasteiger partial charge in [-0.25, -0.2) is 0 Å². The van der Waals surface area contributed by atoms with Crippen LogP contribution in [0, 0.1) is 0 Å². The Morgan fingerprint density at radius 3 is 2.44 bits per heavy atom. The molecule has 4 N–H and O–H groups in total. The SMILES string of the molecule is CCNc1cc(C(=O)N[C@@H](Cc2ccccc2)[C@H](O)CNCc2cc(Cl)cc(Cl)c2)cc(N2CCCC2=O)c1. The van der Waals surface area contributed by atoms with E-state index in [-0.39, 0.29) is 18.4 Å². The van der Waals surface area contributed by atoms with Crippen molar-refractivity contribution in [3.8, 4) is 0 Å². The van der Waals surface area contributed by atoms with Gasteiger partial charge in [-0.3, -0.25) is 9.59 Å². The molecular formula is C30H34Cl2N4O3. The third-order valence-electron chi connectivity index (χ3n) is 6.63. The number of anilines is 2. The van der Waals surface area contributed by atoms with Crippen LogP contribution in [-0.2, 0) is 17.8 Å². The molecular weight excluding hydrogens is 535 g/mol. The van der Waals surface area contributed by atoms with E-state index < -0.39 is 12.1 Å². The lowest BCUT2D eigenvalue weighted by Crippen LogP contribution is -2.48. The largest absolute Gasteiger partial charge is 0.390 e. The Labute approximate surface area is 239 Å². The van der Waals surface area contributed by atoms with Crippen LogP contribution in [0.2, 0.25) is 10.0 Å². The van der Waals surface area contributed by atoms with E-state index in [2.05, 4.69) is 16.0 Å². The van der Waals surface area contributed by atoms with Crippen LogP contribution in [0.1, 0.15) is 41.3 Å². The second-order valence-corrected chi connectivity index (χ2v) is 10.6. The molecule has 0 aliphatic carbocycles. The maximum atomic E-state index is 13.5. The van der Waals surface area contributed by atoms with Crippen LogP contribution >= 0.6 is 23.2 Å². The fraction of sp³-hybridized carbons (Fsp3) is 0.333. The number of hydrogen-bond donors (Lipinski definition) is 4. The molecule has 0 spiro atoms. The highest BCUT2D eigenvalue weighted by Crippen LogP contribution is 2.27. The average molecular weight is 570 g/mol. The molecule has 7 nitrogen and oxygen atoms in total. The maximum Gasteiger partial charge on any atom is 0.251 e. The monoisotopic (exact) mass is 568 g/mol. The van der Waals surface area contributed by atoms with Crippen molar-refractivity contribution >= 4 is 46.4 Å². The molecule has 0 bridgehead atoms. The number of carbonyl (C=O) groups is 2. The minimum absolute atomic E-state index is 0.0550. The van der Waals surface area contributed by atoms with E-state index >= 15 is 0 Å². The van der Waals surface area contributed by atoms with Gasteiger partial charge in [-0.15, -0.1) is 0 Å². The number of amides is 2. The summed E-state index contributed by atoms with van der Waals surface area (Å²) in [6.45, 7) is 3.99. The van der Waals surface area contributed by atoms with Gasteiger partial charge in [-0.05, 0) is 67.3 Å². The van der Waals surface area contributed by atoms with Crippen LogP contribution in [0.25, 0.3) is 0 Å². The molecule has 9 heteroatoms. The van der Waals surface area contributed by atoms with Gasteiger partial charge in [0.2, 0.25) is 5.91 Å². The van der Waals surface area contributed by atoms with Gasteiger partial charge < -0.3 is 26.0 Å². The van der Waals surface area contributed by atoms with Gasteiger partial charge in [0.15, 0.2) is 0 Å². The smallest absolute Gasteiger partial charge is 0.251 e. The minimum Gasteiger partial charge on any atom is -0.390 e. The molecule has 1 heterocycles. The number of carbonyl (C=O) groups excluding carboxylic acids is 2. The Hall–Kier alpha value is -3.10. The standard InChI is InChI=1S/C30H34Cl2N4O3/c1-2-34-25-14-22(15-26(17-25)36-10-6-9-29(36)38)30(39)35-27(13-20-7-4-3-5-8-20)28(37)19-33-18-21-11-23(31)16-24(32)12-21/h3-5,7-8,11-12,14-17,27-28,33-34,37H,2,6,9-10,13,18-19H2,1H3,(H,35,39)/t27-,28+/m0/s1. The van der Waals surface area contributed by atoms with E-state index in [4.69, 9.17) is 23.2 Å². The van der Waals surface area contributed by atoms with Crippen molar-refractivity contribution in [2.75, 3.05) is 29.9 Å². The van der Waals surface area contributed by atoms with Crippen LogP contribution in [0.5, 0.6) is 0 Å². The average Bonchev–Trinajstić information content (AvgIpc) is 3.34. The van der Waals surface area contributed by atoms with Crippen molar-refractivity contribution in [1.82, 2.24) is 10.6 Å². The van der Waals surface area contributed by atoms with Crippen molar-refractivity contribution < 1.29 is 14.7 Å². The lowest BCUT2D eigenvalue weighted by atomic mass is 10.00. The van der Waals surface area contributed by atoms with Crippen LogP contribution in [-0.4, -0.2) is 48.7 Å². The van der Waals surface area contributed by atoms with E-state index in [0.29, 0.717) is 53.8 Å². The molecule has 2 amide bonds. The zero-order valence-electron chi connectivity index (χ0n) is 21.9. The van der Waals surface area contributed by atoms with Gasteiger partial charge in [-0.1, -0.05) is 53.5 Å². The van der Waals surface area contributed by atoms with Crippen LogP contribution in [0.3, 0.4) is 0 Å². The zero-order chi connectivity index (χ0) is 27.8. The van der Waals surface area contributed by atoms with Crippen LogP contribution < -0.4 is 20.9 Å². The van der Waals surface area contributed by atoms with Gasteiger partial charge in [0.1, 0.15) is 0 Å². The van der Waals surface area contributed by atoms with Crippen molar-refractivity contribution in [2.24, 2.45) is 0 Å². The molecule has 0 saturated carbocycles. The topological polar surface area (TPSA) is 93.7 Å². The Morgan fingerprint density at radius 2 is 1.77 bits per heavy atom. The first-order valence-electron chi connectivity index (χ1n) is 13.2. The van der Waals surface area contributed by atoms with Crippen LogP contribution in [0.15, 0.2) is 66.7 Å². The van der Waals surface area contributed by atoms with Gasteiger partial charge in [0.05, 0.1) is 12.1 Å². The summed E-state index contributed by atoms with van der Waals surface area (Å²) in [5, 5.41) is 21.8. The predicted octanol–water partition coefficient (Wildman–Crippen LogP) is 5.04. The molecule has 3 aromatic carbocycles. The normalized spacial score (nSPS) is 14.8. The molecule has 0 unspecified atom stereocenters. The number of halogens is 2. The van der Waals surface area contributed by atoms with E-state index in [1.54, 1.807) is 23.1 Å². The molecule has 1 aliphatic rings. The Kier molecular flexibility index (Phi) is 10.2. The predicted molar refractivity (Wildman–Crippen MR) is 158 cm³/mol.